The van der Waals surface area contributed by atoms with Crippen molar-refractivity contribution in [2.45, 2.75) is 18.9 Å². The van der Waals surface area contributed by atoms with Crippen molar-refractivity contribution in [1.29, 1.82) is 0 Å². The van der Waals surface area contributed by atoms with E-state index >= 15 is 0 Å². The van der Waals surface area contributed by atoms with Crippen LogP contribution >= 0.6 is 0 Å². The van der Waals surface area contributed by atoms with E-state index in [1.165, 1.54) is 24.3 Å². The number of likely N-dealkylation sites (tertiary alicyclic amines) is 1. The smallest absolute Gasteiger partial charge is 0.167 e. The second-order valence-corrected chi connectivity index (χ2v) is 5.58. The third-order valence-corrected chi connectivity index (χ3v) is 3.83. The minimum atomic E-state index is -0.533. The average Bonchev–Trinajstić information content (AvgIpc) is 2.48. The third kappa shape index (κ3) is 4.59. The molecule has 1 aromatic carbocycles. The minimum absolute atomic E-state index is 0.0564. The molecule has 2 rings (SSSR count). The Balaban J connectivity index is 1.94. The normalized spacial score (nSPS) is 21.2. The number of aliphatic hydroxyl groups excluding tert-OH is 1. The minimum Gasteiger partial charge on any atom is -0.389 e. The number of rotatable bonds is 6. The number of ether oxygens (including phenoxy) is 1. The molecule has 2 atom stereocenters. The summed E-state index contributed by atoms with van der Waals surface area (Å²) < 4.78 is 17.8. The molecule has 1 aromatic rings. The number of hydrogen-bond donors (Lipinski definition) is 1. The topological polar surface area (TPSA) is 49.8 Å². The summed E-state index contributed by atoms with van der Waals surface area (Å²) in [5.74, 6) is -0.362. The van der Waals surface area contributed by atoms with E-state index in [0.717, 1.165) is 19.4 Å². The van der Waals surface area contributed by atoms with Gasteiger partial charge in [-0.25, -0.2) is 4.39 Å². The number of halogens is 1. The maximum atomic E-state index is 12.9. The summed E-state index contributed by atoms with van der Waals surface area (Å²) in [5.41, 5.74) is 0.556. The summed E-state index contributed by atoms with van der Waals surface area (Å²) in [4.78, 5) is 14.5. The number of nitrogens with zero attached hydrogens (tertiary/aromatic N) is 1. The van der Waals surface area contributed by atoms with Crippen molar-refractivity contribution >= 4 is 5.78 Å². The van der Waals surface area contributed by atoms with Gasteiger partial charge in [0.25, 0.3) is 0 Å². The number of Topliss-reactive ketones (excluding diaryl/α,β-unsaturated/α-hetero) is 1. The van der Waals surface area contributed by atoms with Gasteiger partial charge >= 0.3 is 0 Å². The molecule has 0 spiro atoms. The van der Waals surface area contributed by atoms with Crippen LogP contribution in [0.3, 0.4) is 0 Å². The molecule has 1 N–H and O–H groups in total. The lowest BCUT2D eigenvalue weighted by atomic mass is 9.90. The van der Waals surface area contributed by atoms with Crippen LogP contribution in [0.25, 0.3) is 0 Å². The van der Waals surface area contributed by atoms with Crippen LogP contribution in [0.2, 0.25) is 0 Å². The largest absolute Gasteiger partial charge is 0.389 e. The number of hydrogen-bond acceptors (Lipinski definition) is 4. The van der Waals surface area contributed by atoms with Crippen LogP contribution in [0.1, 0.15) is 23.2 Å². The molecule has 0 unspecified atom stereocenters. The molecule has 4 nitrogen and oxygen atoms in total. The Kier molecular flexibility index (Phi) is 5.85. The van der Waals surface area contributed by atoms with Crippen LogP contribution in [0.5, 0.6) is 0 Å². The fourth-order valence-corrected chi connectivity index (χ4v) is 2.83. The Morgan fingerprint density at radius 2 is 2.19 bits per heavy atom. The Labute approximate surface area is 124 Å². The van der Waals surface area contributed by atoms with E-state index in [9.17, 15) is 14.3 Å². The summed E-state index contributed by atoms with van der Waals surface area (Å²) >= 11 is 0. The third-order valence-electron chi connectivity index (χ3n) is 3.83. The Morgan fingerprint density at radius 3 is 2.86 bits per heavy atom. The first-order valence-electron chi connectivity index (χ1n) is 7.29. The first-order chi connectivity index (χ1) is 10.1. The fourth-order valence-electron chi connectivity index (χ4n) is 2.83. The highest BCUT2D eigenvalue weighted by Crippen LogP contribution is 2.21. The number of carbonyl (C=O) groups excluding carboxylic acids is 1. The molecule has 0 aliphatic carbocycles. The van der Waals surface area contributed by atoms with Gasteiger partial charge in [-0.05, 0) is 43.7 Å². The van der Waals surface area contributed by atoms with Crippen molar-refractivity contribution in [3.63, 3.8) is 0 Å². The summed E-state index contributed by atoms with van der Waals surface area (Å²) in [5, 5.41) is 9.78. The lowest BCUT2D eigenvalue weighted by Crippen LogP contribution is -2.43. The zero-order valence-electron chi connectivity index (χ0n) is 12.3. The Morgan fingerprint density at radius 1 is 1.48 bits per heavy atom. The van der Waals surface area contributed by atoms with Gasteiger partial charge in [-0.2, -0.15) is 0 Å². The van der Waals surface area contributed by atoms with Crippen molar-refractivity contribution in [3.05, 3.63) is 35.6 Å². The molecule has 0 aromatic heterocycles. The van der Waals surface area contributed by atoms with E-state index in [2.05, 4.69) is 4.90 Å². The second-order valence-electron chi connectivity index (χ2n) is 5.58. The molecule has 21 heavy (non-hydrogen) atoms. The van der Waals surface area contributed by atoms with E-state index in [4.69, 9.17) is 4.74 Å². The summed E-state index contributed by atoms with van der Waals surface area (Å²) in [7, 11) is 1.56. The number of ketones is 1. The Hall–Kier alpha value is -1.30. The number of piperidine rings is 1. The molecule has 116 valence electrons. The molecule has 0 amide bonds. The highest BCUT2D eigenvalue weighted by atomic mass is 19.1. The van der Waals surface area contributed by atoms with Crippen LogP contribution < -0.4 is 0 Å². The lowest BCUT2D eigenvalue weighted by Gasteiger charge is -2.33. The maximum Gasteiger partial charge on any atom is 0.167 e. The molecule has 1 saturated heterocycles. The molecule has 1 aliphatic heterocycles. The van der Waals surface area contributed by atoms with Crippen LogP contribution in [0.4, 0.5) is 4.39 Å². The molecular formula is C16H22FNO3. The van der Waals surface area contributed by atoms with Gasteiger partial charge < -0.3 is 9.84 Å². The molecule has 1 fully saturated rings. The summed E-state index contributed by atoms with van der Waals surface area (Å²) in [6, 6.07) is 5.71. The Bertz CT molecular complexity index is 463. The van der Waals surface area contributed by atoms with Gasteiger partial charge in [0.2, 0.25) is 0 Å². The molecule has 0 radical (unpaired) electrons. The van der Waals surface area contributed by atoms with E-state index in [1.807, 2.05) is 0 Å². The van der Waals surface area contributed by atoms with Gasteiger partial charge in [0.05, 0.1) is 12.7 Å². The van der Waals surface area contributed by atoms with Crippen molar-refractivity contribution in [1.82, 2.24) is 4.90 Å². The fraction of sp³-hybridized carbons (Fsp3) is 0.562. The predicted molar refractivity (Wildman–Crippen MR) is 77.8 cm³/mol. The average molecular weight is 295 g/mol. The van der Waals surface area contributed by atoms with Crippen LogP contribution in [-0.2, 0) is 4.74 Å². The quantitative estimate of drug-likeness (QED) is 0.812. The SMILES string of the molecule is COC[C@H](O)CN1CCC[C@H](C(=O)c2ccc(F)cc2)C1. The van der Waals surface area contributed by atoms with E-state index in [-0.39, 0.29) is 17.5 Å². The molecule has 1 aliphatic rings. The molecule has 1 heterocycles. The van der Waals surface area contributed by atoms with Gasteiger partial charge in [0.15, 0.2) is 5.78 Å². The lowest BCUT2D eigenvalue weighted by molar-refractivity contribution is 0.0268. The molecule has 5 heteroatoms. The van der Waals surface area contributed by atoms with E-state index in [0.29, 0.717) is 25.3 Å². The maximum absolute atomic E-state index is 12.9. The van der Waals surface area contributed by atoms with E-state index < -0.39 is 6.10 Å². The number of β-amino-alcohol motifs (C(OH)–C–C–N with tert-alkyl or cyclic N) is 1. The summed E-state index contributed by atoms with van der Waals surface area (Å²) in [6.07, 6.45) is 1.24. The molecular weight excluding hydrogens is 273 g/mol. The van der Waals surface area contributed by atoms with Crippen molar-refractivity contribution in [3.8, 4) is 0 Å². The molecule has 0 saturated carbocycles. The summed E-state index contributed by atoms with van der Waals surface area (Å²) in [6.45, 7) is 2.33. The van der Waals surface area contributed by atoms with Crippen LogP contribution in [0.15, 0.2) is 24.3 Å². The van der Waals surface area contributed by atoms with Crippen molar-refractivity contribution in [2.24, 2.45) is 5.92 Å². The highest BCUT2D eigenvalue weighted by molar-refractivity contribution is 5.98. The highest BCUT2D eigenvalue weighted by Gasteiger charge is 2.27. The first-order valence-corrected chi connectivity index (χ1v) is 7.29. The molecule has 0 bridgehead atoms. The zero-order valence-corrected chi connectivity index (χ0v) is 12.3. The van der Waals surface area contributed by atoms with Crippen molar-refractivity contribution in [2.75, 3.05) is 33.4 Å². The standard InChI is InChI=1S/C16H22FNO3/c1-21-11-15(19)10-18-8-2-3-13(9-18)16(20)12-4-6-14(17)7-5-12/h4-7,13,15,19H,2-3,8-11H2,1H3/t13-,15+/m0/s1. The second kappa shape index (κ2) is 7.64. The number of benzene rings is 1. The van der Waals surface area contributed by atoms with Gasteiger partial charge in [-0.3, -0.25) is 9.69 Å². The van der Waals surface area contributed by atoms with Crippen molar-refractivity contribution < 1.29 is 19.0 Å². The van der Waals surface area contributed by atoms with Crippen LogP contribution in [-0.4, -0.2) is 55.2 Å². The zero-order chi connectivity index (χ0) is 15.2. The first kappa shape index (κ1) is 16.1. The van der Waals surface area contributed by atoms with Gasteiger partial charge in [0.1, 0.15) is 5.82 Å². The number of carbonyl (C=O) groups is 1. The number of methoxy groups -OCH3 is 1. The van der Waals surface area contributed by atoms with Gasteiger partial charge in [0, 0.05) is 31.7 Å². The van der Waals surface area contributed by atoms with Crippen LogP contribution in [0, 0.1) is 11.7 Å². The van der Waals surface area contributed by atoms with E-state index in [1.54, 1.807) is 7.11 Å². The van der Waals surface area contributed by atoms with Gasteiger partial charge in [-0.15, -0.1) is 0 Å². The predicted octanol–water partition coefficient (Wildman–Crippen LogP) is 1.73. The monoisotopic (exact) mass is 295 g/mol. The van der Waals surface area contributed by atoms with Gasteiger partial charge in [-0.1, -0.05) is 0 Å². The number of aliphatic hydroxyl groups is 1.